The number of hydroxylamine groups is 2. The fourth-order valence-corrected chi connectivity index (χ4v) is 5.12. The van der Waals surface area contributed by atoms with E-state index >= 15 is 0 Å². The van der Waals surface area contributed by atoms with Gasteiger partial charge in [0.1, 0.15) is 0 Å². The third-order valence-corrected chi connectivity index (χ3v) is 6.97. The summed E-state index contributed by atoms with van der Waals surface area (Å²) in [5, 5.41) is 8.03. The van der Waals surface area contributed by atoms with Crippen LogP contribution in [0, 0.1) is 5.41 Å². The van der Waals surface area contributed by atoms with E-state index in [9.17, 15) is 4.79 Å². The lowest BCUT2D eigenvalue weighted by molar-refractivity contribution is -0.287. The molecule has 0 aromatic heterocycles. The summed E-state index contributed by atoms with van der Waals surface area (Å²) < 4.78 is -2.10. The van der Waals surface area contributed by atoms with Crippen LogP contribution in [0.2, 0.25) is 0 Å². The number of piperidine rings is 1. The van der Waals surface area contributed by atoms with Crippen LogP contribution in [0.15, 0.2) is 35.4 Å². The Kier molecular flexibility index (Phi) is 6.79. The first-order valence-corrected chi connectivity index (χ1v) is 11.8. The van der Waals surface area contributed by atoms with E-state index in [-0.39, 0.29) is 17.7 Å². The number of halogens is 3. The molecular weight excluding hydrogens is 457 g/mol. The van der Waals surface area contributed by atoms with Gasteiger partial charge < -0.3 is 0 Å². The maximum atomic E-state index is 13.0. The summed E-state index contributed by atoms with van der Waals surface area (Å²) in [6, 6.07) is 9.34. The van der Waals surface area contributed by atoms with Crippen molar-refractivity contribution < 1.29 is 9.63 Å². The Labute approximate surface area is 200 Å². The van der Waals surface area contributed by atoms with Crippen LogP contribution >= 0.6 is 34.8 Å². The van der Waals surface area contributed by atoms with Crippen LogP contribution in [-0.4, -0.2) is 49.2 Å². The number of hydrogen-bond acceptors (Lipinski definition) is 4. The zero-order valence-electron chi connectivity index (χ0n) is 19.1. The van der Waals surface area contributed by atoms with Gasteiger partial charge in [-0.25, -0.2) is 5.01 Å². The first-order chi connectivity index (χ1) is 14.2. The van der Waals surface area contributed by atoms with E-state index in [1.165, 1.54) is 5.01 Å². The summed E-state index contributed by atoms with van der Waals surface area (Å²) in [5.41, 5.74) is 0.920. The molecule has 1 fully saturated rings. The normalized spacial score (nSPS) is 25.4. The minimum atomic E-state index is -2.10. The molecule has 5 nitrogen and oxygen atoms in total. The SMILES string of the molecule is CC1(C)C(c2ccccc2)=NN(C(=O)C(Cl)(Cl)Cl)C1CON1C(C)(C)CCCC1(C)C. The van der Waals surface area contributed by atoms with Gasteiger partial charge in [-0.2, -0.15) is 10.2 Å². The van der Waals surface area contributed by atoms with E-state index in [0.29, 0.717) is 0 Å². The van der Waals surface area contributed by atoms with Gasteiger partial charge in [-0.15, -0.1) is 0 Å². The van der Waals surface area contributed by atoms with Crippen molar-refractivity contribution in [2.24, 2.45) is 10.5 Å². The van der Waals surface area contributed by atoms with Crippen molar-refractivity contribution in [1.82, 2.24) is 10.1 Å². The summed E-state index contributed by atoms with van der Waals surface area (Å²) >= 11 is 17.9. The van der Waals surface area contributed by atoms with Crippen LogP contribution in [0.5, 0.6) is 0 Å². The minimum absolute atomic E-state index is 0.127. The van der Waals surface area contributed by atoms with Crippen LogP contribution in [-0.2, 0) is 9.63 Å². The van der Waals surface area contributed by atoms with E-state index in [1.54, 1.807) is 0 Å². The van der Waals surface area contributed by atoms with E-state index in [1.807, 2.05) is 44.2 Å². The number of amides is 1. The molecule has 0 bridgehead atoms. The Bertz CT molecular complexity index is 831. The van der Waals surface area contributed by atoms with E-state index in [4.69, 9.17) is 39.6 Å². The largest absolute Gasteiger partial charge is 0.296 e. The molecule has 1 amide bonds. The maximum Gasteiger partial charge on any atom is 0.295 e. The van der Waals surface area contributed by atoms with Gasteiger partial charge in [-0.05, 0) is 52.5 Å². The zero-order chi connectivity index (χ0) is 23.2. The summed E-state index contributed by atoms with van der Waals surface area (Å²) in [6.07, 6.45) is 3.22. The number of benzene rings is 1. The molecule has 0 aliphatic carbocycles. The Hall–Kier alpha value is -0.850. The molecule has 0 saturated carbocycles. The summed E-state index contributed by atoms with van der Waals surface area (Å²) in [6.45, 7) is 13.1. The van der Waals surface area contributed by atoms with Crippen LogP contribution in [0.4, 0.5) is 0 Å². The fourth-order valence-electron chi connectivity index (χ4n) is 4.86. The van der Waals surface area contributed by atoms with Crippen molar-refractivity contribution in [1.29, 1.82) is 0 Å². The highest BCUT2D eigenvalue weighted by Crippen LogP contribution is 2.43. The molecule has 1 unspecified atom stereocenters. The molecule has 1 aromatic rings. The lowest BCUT2D eigenvalue weighted by Crippen LogP contribution is -2.60. The standard InChI is InChI=1S/C23H32Cl3N3O2/c1-20(2)13-10-14-21(3,4)29(20)31-15-17-22(5,6)18(16-11-8-7-9-12-16)27-28(17)19(30)23(24,25)26/h7-9,11-12,17H,10,13-15H2,1-6H3. The monoisotopic (exact) mass is 487 g/mol. The lowest BCUT2D eigenvalue weighted by atomic mass is 9.78. The zero-order valence-corrected chi connectivity index (χ0v) is 21.4. The van der Waals surface area contributed by atoms with Crippen molar-refractivity contribution in [2.75, 3.05) is 6.61 Å². The molecule has 8 heteroatoms. The smallest absolute Gasteiger partial charge is 0.295 e. The third-order valence-electron chi connectivity index (χ3n) is 6.48. The highest BCUT2D eigenvalue weighted by Gasteiger charge is 2.52. The molecule has 3 rings (SSSR count). The van der Waals surface area contributed by atoms with Gasteiger partial charge in [-0.1, -0.05) is 79.0 Å². The van der Waals surface area contributed by atoms with Crippen molar-refractivity contribution in [3.8, 4) is 0 Å². The molecule has 2 heterocycles. The fraction of sp³-hybridized carbons (Fsp3) is 0.652. The van der Waals surface area contributed by atoms with Gasteiger partial charge in [-0.3, -0.25) is 9.63 Å². The van der Waals surface area contributed by atoms with Gasteiger partial charge >= 0.3 is 0 Å². The molecular formula is C23H32Cl3N3O2. The van der Waals surface area contributed by atoms with Crippen LogP contribution in [0.1, 0.15) is 66.4 Å². The molecule has 31 heavy (non-hydrogen) atoms. The molecule has 1 aromatic carbocycles. The van der Waals surface area contributed by atoms with Crippen LogP contribution in [0.3, 0.4) is 0 Å². The van der Waals surface area contributed by atoms with Gasteiger partial charge in [0, 0.05) is 16.5 Å². The molecule has 2 aliphatic rings. The minimum Gasteiger partial charge on any atom is -0.296 e. The molecule has 0 radical (unpaired) electrons. The number of alkyl halides is 3. The quantitative estimate of drug-likeness (QED) is 0.490. The highest BCUT2D eigenvalue weighted by molar-refractivity contribution is 6.76. The summed E-state index contributed by atoms with van der Waals surface area (Å²) in [4.78, 5) is 19.4. The van der Waals surface area contributed by atoms with Gasteiger partial charge in [0.25, 0.3) is 9.70 Å². The number of nitrogens with zero attached hydrogens (tertiary/aromatic N) is 3. The Balaban J connectivity index is 1.94. The predicted molar refractivity (Wildman–Crippen MR) is 127 cm³/mol. The van der Waals surface area contributed by atoms with E-state index < -0.39 is 21.2 Å². The summed E-state index contributed by atoms with van der Waals surface area (Å²) in [7, 11) is 0. The second kappa shape index (κ2) is 8.49. The Morgan fingerprint density at radius 3 is 2.13 bits per heavy atom. The van der Waals surface area contributed by atoms with Gasteiger partial charge in [0.2, 0.25) is 0 Å². The molecule has 1 atom stereocenters. The number of hydrazone groups is 1. The number of carbonyl (C=O) groups excluding carboxylic acids is 1. The molecule has 172 valence electrons. The Morgan fingerprint density at radius 1 is 1.06 bits per heavy atom. The molecule has 0 spiro atoms. The highest BCUT2D eigenvalue weighted by atomic mass is 35.6. The first-order valence-electron chi connectivity index (χ1n) is 10.7. The van der Waals surface area contributed by atoms with E-state index in [2.05, 4.69) is 37.9 Å². The topological polar surface area (TPSA) is 45.1 Å². The van der Waals surface area contributed by atoms with Crippen molar-refractivity contribution >= 4 is 46.4 Å². The number of carbonyl (C=O) groups is 1. The van der Waals surface area contributed by atoms with Crippen LogP contribution in [0.25, 0.3) is 0 Å². The van der Waals surface area contributed by atoms with Crippen LogP contribution < -0.4 is 0 Å². The average Bonchev–Trinajstić information content (AvgIpc) is 2.90. The number of rotatable bonds is 4. The van der Waals surface area contributed by atoms with Crippen molar-refractivity contribution in [3.63, 3.8) is 0 Å². The van der Waals surface area contributed by atoms with Crippen molar-refractivity contribution in [3.05, 3.63) is 35.9 Å². The Morgan fingerprint density at radius 2 is 1.61 bits per heavy atom. The first kappa shape index (κ1) is 24.8. The van der Waals surface area contributed by atoms with Gasteiger partial charge in [0.05, 0.1) is 18.4 Å². The number of hydrogen-bond donors (Lipinski definition) is 0. The summed E-state index contributed by atoms with van der Waals surface area (Å²) in [5.74, 6) is -0.678. The van der Waals surface area contributed by atoms with E-state index in [0.717, 1.165) is 30.5 Å². The molecule has 1 saturated heterocycles. The maximum absolute atomic E-state index is 13.0. The second-order valence-corrected chi connectivity index (χ2v) is 12.5. The lowest BCUT2D eigenvalue weighted by Gasteiger charge is -2.52. The average molecular weight is 489 g/mol. The second-order valence-electron chi connectivity index (χ2n) is 10.3. The van der Waals surface area contributed by atoms with Crippen molar-refractivity contribution in [2.45, 2.75) is 81.7 Å². The predicted octanol–water partition coefficient (Wildman–Crippen LogP) is 5.97. The van der Waals surface area contributed by atoms with Gasteiger partial charge in [0.15, 0.2) is 0 Å². The molecule has 0 N–H and O–H groups in total. The third kappa shape index (κ3) is 4.91. The molecule has 2 aliphatic heterocycles.